The lowest BCUT2D eigenvalue weighted by Gasteiger charge is -2.12. The molecule has 0 fully saturated rings. The number of nitrogen functional groups attached to an aromatic ring is 1. The molecule has 0 spiro atoms. The van der Waals surface area contributed by atoms with E-state index in [1.807, 2.05) is 13.8 Å². The van der Waals surface area contributed by atoms with Crippen molar-refractivity contribution in [3.05, 3.63) is 28.2 Å². The topological polar surface area (TPSA) is 84.2 Å². The number of rotatable bonds is 6. The summed E-state index contributed by atoms with van der Waals surface area (Å²) in [5.74, 6) is -0.338. The molecule has 1 unspecified atom stereocenters. The van der Waals surface area contributed by atoms with E-state index in [1.165, 1.54) is 0 Å². The minimum Gasteiger partial charge on any atom is -0.398 e. The van der Waals surface area contributed by atoms with E-state index in [0.717, 1.165) is 10.9 Å². The number of anilines is 1. The Morgan fingerprint density at radius 2 is 2.05 bits per heavy atom. The van der Waals surface area contributed by atoms with Gasteiger partial charge in [0.25, 0.3) is 5.91 Å². The van der Waals surface area contributed by atoms with Crippen LogP contribution in [0.2, 0.25) is 0 Å². The van der Waals surface area contributed by atoms with Crippen LogP contribution in [0.3, 0.4) is 0 Å². The van der Waals surface area contributed by atoms with E-state index >= 15 is 0 Å². The van der Waals surface area contributed by atoms with Crippen molar-refractivity contribution in [1.82, 2.24) is 10.6 Å². The highest BCUT2D eigenvalue weighted by molar-refractivity contribution is 9.10. The predicted octanol–water partition coefficient (Wildman–Crippen LogP) is 2.49. The molecule has 0 aliphatic rings. The Kier molecular flexibility index (Phi) is 9.05. The lowest BCUT2D eigenvalue weighted by molar-refractivity contribution is -0.121. The molecule has 0 heterocycles. The van der Waals surface area contributed by atoms with Crippen LogP contribution in [-0.2, 0) is 4.79 Å². The molecule has 1 rings (SSSR count). The number of benzene rings is 1. The fraction of sp³-hybridized carbons (Fsp3) is 0.429. The Labute approximate surface area is 139 Å². The molecule has 2 amide bonds. The van der Waals surface area contributed by atoms with Crippen molar-refractivity contribution in [3.8, 4) is 0 Å². The fourth-order valence-corrected chi connectivity index (χ4v) is 1.95. The van der Waals surface area contributed by atoms with Crippen molar-refractivity contribution in [3.63, 3.8) is 0 Å². The number of carbonyl (C=O) groups is 2. The molecule has 0 aromatic heterocycles. The predicted molar refractivity (Wildman–Crippen MR) is 90.6 cm³/mol. The van der Waals surface area contributed by atoms with Gasteiger partial charge in [0, 0.05) is 29.2 Å². The van der Waals surface area contributed by atoms with E-state index in [2.05, 4.69) is 26.6 Å². The third kappa shape index (κ3) is 6.82. The summed E-state index contributed by atoms with van der Waals surface area (Å²) < 4.78 is 0.819. The minimum absolute atomic E-state index is 0. The van der Waals surface area contributed by atoms with Gasteiger partial charge in [-0.05, 0) is 31.5 Å². The second-order valence-corrected chi connectivity index (χ2v) is 5.53. The maximum absolute atomic E-state index is 11.9. The number of hydrogen-bond donors (Lipinski definition) is 3. The fourth-order valence-electron chi connectivity index (χ4n) is 1.57. The first kappa shape index (κ1) is 19.7. The summed E-state index contributed by atoms with van der Waals surface area (Å²) in [6.45, 7) is 4.23. The number of halogens is 2. The number of nitrogens with one attached hydrogen (secondary N) is 2. The van der Waals surface area contributed by atoms with E-state index in [4.69, 9.17) is 5.73 Å². The zero-order valence-electron chi connectivity index (χ0n) is 12.1. The lowest BCUT2D eigenvalue weighted by atomic mass is 10.1. The Bertz CT molecular complexity index is 497. The maximum Gasteiger partial charge on any atom is 0.253 e. The maximum atomic E-state index is 11.9. The first-order chi connectivity index (χ1) is 9.43. The van der Waals surface area contributed by atoms with Gasteiger partial charge in [0.15, 0.2) is 0 Å². The van der Waals surface area contributed by atoms with Gasteiger partial charge in [0.2, 0.25) is 5.91 Å². The number of carbonyl (C=O) groups excluding carboxylic acids is 2. The van der Waals surface area contributed by atoms with Gasteiger partial charge < -0.3 is 16.4 Å². The zero-order valence-corrected chi connectivity index (χ0v) is 14.5. The van der Waals surface area contributed by atoms with Crippen LogP contribution in [0.25, 0.3) is 0 Å². The van der Waals surface area contributed by atoms with Crippen LogP contribution in [0, 0.1) is 0 Å². The molecular weight excluding hydrogens is 358 g/mol. The highest BCUT2D eigenvalue weighted by Crippen LogP contribution is 2.18. The summed E-state index contributed by atoms with van der Waals surface area (Å²) in [7, 11) is 0. The molecule has 7 heteroatoms. The molecule has 0 aliphatic heterocycles. The highest BCUT2D eigenvalue weighted by Gasteiger charge is 2.10. The summed E-state index contributed by atoms with van der Waals surface area (Å²) in [6.07, 6.45) is 1.14. The van der Waals surface area contributed by atoms with E-state index < -0.39 is 0 Å². The molecule has 1 aromatic carbocycles. The molecule has 4 N–H and O–H groups in total. The first-order valence-corrected chi connectivity index (χ1v) is 7.36. The average Bonchev–Trinajstić information content (AvgIpc) is 2.38. The van der Waals surface area contributed by atoms with Crippen LogP contribution in [0.1, 0.15) is 37.0 Å². The molecule has 0 radical (unpaired) electrons. The van der Waals surface area contributed by atoms with Crippen LogP contribution < -0.4 is 16.4 Å². The molecule has 1 aromatic rings. The summed E-state index contributed by atoms with van der Waals surface area (Å²) in [4.78, 5) is 23.4. The van der Waals surface area contributed by atoms with Crippen molar-refractivity contribution in [1.29, 1.82) is 0 Å². The molecule has 1 atom stereocenters. The normalized spacial score (nSPS) is 11.2. The SMILES string of the molecule is CCC(C)NC(=O)CCNC(=O)c1ccc(Br)cc1N.Cl. The third-order valence-electron chi connectivity index (χ3n) is 2.92. The monoisotopic (exact) mass is 377 g/mol. The van der Waals surface area contributed by atoms with E-state index in [1.54, 1.807) is 18.2 Å². The number of amides is 2. The van der Waals surface area contributed by atoms with E-state index in [9.17, 15) is 9.59 Å². The average molecular weight is 379 g/mol. The van der Waals surface area contributed by atoms with Crippen LogP contribution in [0.15, 0.2) is 22.7 Å². The Hall–Kier alpha value is -1.27. The molecule has 21 heavy (non-hydrogen) atoms. The lowest BCUT2D eigenvalue weighted by Crippen LogP contribution is -2.35. The van der Waals surface area contributed by atoms with Crippen molar-refractivity contribution < 1.29 is 9.59 Å². The van der Waals surface area contributed by atoms with E-state index in [-0.39, 0.29) is 43.2 Å². The molecule has 0 bridgehead atoms. The Morgan fingerprint density at radius 1 is 1.38 bits per heavy atom. The third-order valence-corrected chi connectivity index (χ3v) is 3.41. The van der Waals surface area contributed by atoms with Gasteiger partial charge in [0.05, 0.1) is 5.56 Å². The van der Waals surface area contributed by atoms with Crippen LogP contribution in [0.5, 0.6) is 0 Å². The second-order valence-electron chi connectivity index (χ2n) is 4.61. The van der Waals surface area contributed by atoms with Crippen molar-refractivity contribution >= 4 is 45.8 Å². The quantitative estimate of drug-likeness (QED) is 0.665. The Morgan fingerprint density at radius 3 is 2.62 bits per heavy atom. The van der Waals surface area contributed by atoms with Gasteiger partial charge in [-0.2, -0.15) is 0 Å². The zero-order chi connectivity index (χ0) is 15.1. The van der Waals surface area contributed by atoms with Crippen LogP contribution in [-0.4, -0.2) is 24.4 Å². The first-order valence-electron chi connectivity index (χ1n) is 6.56. The minimum atomic E-state index is -0.272. The van der Waals surface area contributed by atoms with Gasteiger partial charge >= 0.3 is 0 Å². The van der Waals surface area contributed by atoms with Crippen molar-refractivity contribution in [2.75, 3.05) is 12.3 Å². The van der Waals surface area contributed by atoms with Gasteiger partial charge in [-0.15, -0.1) is 12.4 Å². The standard InChI is InChI=1S/C14H20BrN3O2.ClH/c1-3-9(2)18-13(19)6-7-17-14(20)11-5-4-10(15)8-12(11)16;/h4-5,8-9H,3,6-7,16H2,1-2H3,(H,17,20)(H,18,19);1H. The second kappa shape index (κ2) is 9.63. The number of hydrogen-bond acceptors (Lipinski definition) is 3. The smallest absolute Gasteiger partial charge is 0.253 e. The summed E-state index contributed by atoms with van der Waals surface area (Å²) in [5, 5.41) is 5.53. The largest absolute Gasteiger partial charge is 0.398 e. The molecule has 5 nitrogen and oxygen atoms in total. The van der Waals surface area contributed by atoms with E-state index in [0.29, 0.717) is 11.3 Å². The van der Waals surface area contributed by atoms with Gasteiger partial charge in [-0.25, -0.2) is 0 Å². The molecular formula is C14H21BrClN3O2. The summed E-state index contributed by atoms with van der Waals surface area (Å²) in [6, 6.07) is 5.22. The van der Waals surface area contributed by atoms with Gasteiger partial charge in [-0.3, -0.25) is 9.59 Å². The van der Waals surface area contributed by atoms with Gasteiger partial charge in [-0.1, -0.05) is 22.9 Å². The summed E-state index contributed by atoms with van der Waals surface area (Å²) >= 11 is 3.28. The number of nitrogens with two attached hydrogens (primary N) is 1. The van der Waals surface area contributed by atoms with Gasteiger partial charge in [0.1, 0.15) is 0 Å². The van der Waals surface area contributed by atoms with Crippen LogP contribution in [0.4, 0.5) is 5.69 Å². The van der Waals surface area contributed by atoms with Crippen molar-refractivity contribution in [2.24, 2.45) is 0 Å². The summed E-state index contributed by atoms with van der Waals surface area (Å²) in [5.41, 5.74) is 6.58. The van der Waals surface area contributed by atoms with Crippen LogP contribution >= 0.6 is 28.3 Å². The van der Waals surface area contributed by atoms with Crippen molar-refractivity contribution in [2.45, 2.75) is 32.7 Å². The molecule has 0 aliphatic carbocycles. The molecule has 0 saturated carbocycles. The molecule has 0 saturated heterocycles. The molecule has 118 valence electrons. The Balaban J connectivity index is 0.00000400. The highest BCUT2D eigenvalue weighted by atomic mass is 79.9.